The van der Waals surface area contributed by atoms with Gasteiger partial charge in [0.2, 0.25) is 0 Å². The lowest BCUT2D eigenvalue weighted by Crippen LogP contribution is -2.03. The lowest BCUT2D eigenvalue weighted by atomic mass is 10.1. The lowest BCUT2D eigenvalue weighted by molar-refractivity contribution is 0.954. The Kier molecular flexibility index (Phi) is 3.36. The summed E-state index contributed by atoms with van der Waals surface area (Å²) in [5.74, 6) is 0. The van der Waals surface area contributed by atoms with Crippen molar-refractivity contribution in [2.45, 2.75) is 18.7 Å². The molecular weight excluding hydrogens is 168 g/mol. The molecule has 64 valence electrons. The molecule has 1 atom stereocenters. The Labute approximate surface area is 78.9 Å². The van der Waals surface area contributed by atoms with Crippen LogP contribution in [-0.2, 0) is 6.42 Å². The maximum absolute atomic E-state index is 6.05. The number of alkyl halides is 1. The molecule has 1 aromatic rings. The maximum atomic E-state index is 6.05. The van der Waals surface area contributed by atoms with Gasteiger partial charge in [-0.15, -0.1) is 11.6 Å². The van der Waals surface area contributed by atoms with Gasteiger partial charge in [-0.3, -0.25) is 0 Å². The van der Waals surface area contributed by atoms with Gasteiger partial charge in [0.25, 0.3) is 0 Å². The van der Waals surface area contributed by atoms with Gasteiger partial charge >= 0.3 is 0 Å². The minimum atomic E-state index is 0.0624. The average molecular weight is 181 g/mol. The molecule has 0 aromatic heterocycles. The van der Waals surface area contributed by atoms with E-state index in [-0.39, 0.29) is 5.38 Å². The van der Waals surface area contributed by atoms with Crippen LogP contribution in [0.5, 0.6) is 0 Å². The normalized spacial score (nSPS) is 12.5. The second-order valence-electron chi connectivity index (χ2n) is 3.00. The molecule has 12 heavy (non-hydrogen) atoms. The summed E-state index contributed by atoms with van der Waals surface area (Å²) in [5, 5.41) is 0.0624. The summed E-state index contributed by atoms with van der Waals surface area (Å²) in [4.78, 5) is 0. The first-order valence-electron chi connectivity index (χ1n) is 4.03. The van der Waals surface area contributed by atoms with E-state index in [1.165, 1.54) is 5.56 Å². The number of hydrogen-bond acceptors (Lipinski definition) is 0. The second-order valence-corrected chi connectivity index (χ2v) is 3.53. The molecule has 0 radical (unpaired) electrons. The molecule has 1 rings (SSSR count). The van der Waals surface area contributed by atoms with Crippen LogP contribution < -0.4 is 0 Å². The number of benzene rings is 1. The Morgan fingerprint density at radius 1 is 1.42 bits per heavy atom. The van der Waals surface area contributed by atoms with Gasteiger partial charge in [0.05, 0.1) is 5.38 Å². The van der Waals surface area contributed by atoms with Gasteiger partial charge in [0, 0.05) is 0 Å². The van der Waals surface area contributed by atoms with Gasteiger partial charge in [-0.25, -0.2) is 0 Å². The Balaban J connectivity index is 2.58. The van der Waals surface area contributed by atoms with Crippen molar-refractivity contribution in [3.05, 3.63) is 48.0 Å². The number of hydrogen-bond donors (Lipinski definition) is 0. The molecule has 1 heteroatoms. The molecule has 0 bridgehead atoms. The second kappa shape index (κ2) is 4.32. The van der Waals surface area contributed by atoms with Gasteiger partial charge in [-0.05, 0) is 18.9 Å². The monoisotopic (exact) mass is 180 g/mol. The van der Waals surface area contributed by atoms with E-state index in [2.05, 4.69) is 18.7 Å². The third-order valence-electron chi connectivity index (χ3n) is 1.79. The van der Waals surface area contributed by atoms with Crippen molar-refractivity contribution < 1.29 is 0 Å². The first-order valence-corrected chi connectivity index (χ1v) is 4.47. The summed E-state index contributed by atoms with van der Waals surface area (Å²) in [5.41, 5.74) is 2.29. The van der Waals surface area contributed by atoms with Crippen molar-refractivity contribution in [2.75, 3.05) is 0 Å². The molecule has 0 aliphatic rings. The highest BCUT2D eigenvalue weighted by atomic mass is 35.5. The highest BCUT2D eigenvalue weighted by Gasteiger charge is 2.04. The summed E-state index contributed by atoms with van der Waals surface area (Å²) in [7, 11) is 0. The van der Waals surface area contributed by atoms with Gasteiger partial charge < -0.3 is 0 Å². The third-order valence-corrected chi connectivity index (χ3v) is 2.32. The maximum Gasteiger partial charge on any atom is 0.0580 e. The zero-order chi connectivity index (χ0) is 8.97. The fourth-order valence-corrected chi connectivity index (χ4v) is 1.17. The van der Waals surface area contributed by atoms with Crippen molar-refractivity contribution in [1.29, 1.82) is 0 Å². The Bertz CT molecular complexity index is 251. The van der Waals surface area contributed by atoms with Crippen LogP contribution in [0.1, 0.15) is 12.5 Å². The predicted molar refractivity (Wildman–Crippen MR) is 54.6 cm³/mol. The van der Waals surface area contributed by atoms with Crippen LogP contribution in [0.2, 0.25) is 0 Å². The summed E-state index contributed by atoms with van der Waals surface area (Å²) >= 11 is 6.05. The summed E-state index contributed by atoms with van der Waals surface area (Å²) < 4.78 is 0. The summed E-state index contributed by atoms with van der Waals surface area (Å²) in [6.07, 6.45) is 0.873. The fraction of sp³-hybridized carbons (Fsp3) is 0.273. The predicted octanol–water partition coefficient (Wildman–Crippen LogP) is 3.41. The molecular formula is C11H13Cl. The van der Waals surface area contributed by atoms with Crippen molar-refractivity contribution >= 4 is 11.6 Å². The molecule has 0 spiro atoms. The average Bonchev–Trinajstić information content (AvgIpc) is 2.06. The Morgan fingerprint density at radius 2 is 2.00 bits per heavy atom. The first-order chi connectivity index (χ1) is 5.70. The molecule has 0 aliphatic carbocycles. The smallest absolute Gasteiger partial charge is 0.0580 e. The van der Waals surface area contributed by atoms with E-state index < -0.39 is 0 Å². The number of rotatable bonds is 3. The molecule has 0 fully saturated rings. The summed E-state index contributed by atoms with van der Waals surface area (Å²) in [6, 6.07) is 10.2. The first kappa shape index (κ1) is 9.34. The number of allylic oxidation sites excluding steroid dienone is 1. The van der Waals surface area contributed by atoms with Crippen molar-refractivity contribution in [3.63, 3.8) is 0 Å². The standard InChI is InChI=1S/C11H13Cl/c1-9(2)11(12)8-10-6-4-3-5-7-10/h3-7,11H,1,8H2,2H3. The van der Waals surface area contributed by atoms with E-state index in [0.29, 0.717) is 0 Å². The molecule has 1 aromatic carbocycles. The van der Waals surface area contributed by atoms with Crippen molar-refractivity contribution in [3.8, 4) is 0 Å². The largest absolute Gasteiger partial charge is 0.118 e. The zero-order valence-corrected chi connectivity index (χ0v) is 8.01. The SMILES string of the molecule is C=C(C)C(Cl)Cc1ccccc1. The molecule has 0 aliphatic heterocycles. The Hall–Kier alpha value is -0.750. The van der Waals surface area contributed by atoms with Gasteiger partial charge in [0.1, 0.15) is 0 Å². The van der Waals surface area contributed by atoms with Crippen molar-refractivity contribution in [2.24, 2.45) is 0 Å². The van der Waals surface area contributed by atoms with Crippen molar-refractivity contribution in [1.82, 2.24) is 0 Å². The topological polar surface area (TPSA) is 0 Å². The third kappa shape index (κ3) is 2.71. The van der Waals surface area contributed by atoms with E-state index in [1.54, 1.807) is 0 Å². The van der Waals surface area contributed by atoms with Gasteiger partial charge in [0.15, 0.2) is 0 Å². The summed E-state index contributed by atoms with van der Waals surface area (Å²) in [6.45, 7) is 5.78. The van der Waals surface area contributed by atoms with Crippen LogP contribution in [0.15, 0.2) is 42.5 Å². The molecule has 0 heterocycles. The van der Waals surface area contributed by atoms with Crippen LogP contribution in [0.3, 0.4) is 0 Å². The van der Waals surface area contributed by atoms with Gasteiger partial charge in [-0.1, -0.05) is 42.5 Å². The molecule has 0 saturated carbocycles. The zero-order valence-electron chi connectivity index (χ0n) is 7.26. The van der Waals surface area contributed by atoms with Crippen LogP contribution in [0.4, 0.5) is 0 Å². The van der Waals surface area contributed by atoms with E-state index in [1.807, 2.05) is 25.1 Å². The number of halogens is 1. The molecule has 0 amide bonds. The molecule has 0 N–H and O–H groups in total. The van der Waals surface area contributed by atoms with E-state index in [0.717, 1.165) is 12.0 Å². The van der Waals surface area contributed by atoms with E-state index in [4.69, 9.17) is 11.6 Å². The van der Waals surface area contributed by atoms with Crippen LogP contribution in [0, 0.1) is 0 Å². The quantitative estimate of drug-likeness (QED) is 0.494. The fourth-order valence-electron chi connectivity index (χ4n) is 0.995. The Morgan fingerprint density at radius 3 is 2.50 bits per heavy atom. The minimum absolute atomic E-state index is 0.0624. The van der Waals surface area contributed by atoms with Crippen LogP contribution >= 0.6 is 11.6 Å². The molecule has 1 unspecified atom stereocenters. The highest BCUT2D eigenvalue weighted by molar-refractivity contribution is 6.22. The molecule has 0 saturated heterocycles. The minimum Gasteiger partial charge on any atom is -0.118 e. The highest BCUT2D eigenvalue weighted by Crippen LogP contribution is 2.13. The van der Waals surface area contributed by atoms with Gasteiger partial charge in [-0.2, -0.15) is 0 Å². The van der Waals surface area contributed by atoms with E-state index in [9.17, 15) is 0 Å². The lowest BCUT2D eigenvalue weighted by Gasteiger charge is -2.07. The van der Waals surface area contributed by atoms with Crippen LogP contribution in [0.25, 0.3) is 0 Å². The van der Waals surface area contributed by atoms with E-state index >= 15 is 0 Å². The van der Waals surface area contributed by atoms with Crippen LogP contribution in [-0.4, -0.2) is 5.38 Å². The molecule has 0 nitrogen and oxygen atoms in total.